The molecule has 0 spiro atoms. The number of carbonyl (C=O) groups is 2. The van der Waals surface area contributed by atoms with Gasteiger partial charge < -0.3 is 10.1 Å². The average Bonchev–Trinajstić information content (AvgIpc) is 2.81. The zero-order valence-corrected chi connectivity index (χ0v) is 19.4. The van der Waals surface area contributed by atoms with E-state index in [-0.39, 0.29) is 37.8 Å². The number of nitrogens with one attached hydrogen (secondary N) is 2. The Morgan fingerprint density at radius 2 is 1.79 bits per heavy atom. The molecule has 0 bridgehead atoms. The van der Waals surface area contributed by atoms with Crippen molar-refractivity contribution in [3.63, 3.8) is 0 Å². The third-order valence-corrected chi connectivity index (χ3v) is 7.22. The number of piperazine rings is 1. The van der Waals surface area contributed by atoms with Crippen LogP contribution in [0.15, 0.2) is 41.3 Å². The monoisotopic (exact) mass is 518 g/mol. The van der Waals surface area contributed by atoms with Crippen LogP contribution in [0, 0.1) is 11.6 Å². The van der Waals surface area contributed by atoms with E-state index < -0.39 is 44.3 Å². The SMILES string of the molecule is CNC(=O)CN1CCN(S(=O)(=O)c2cc(F)c(Oc3ccc(Cl)cc3)c(F)c2)[C@H](C(=O)NO)C1. The summed E-state index contributed by atoms with van der Waals surface area (Å²) < 4.78 is 61.7. The topological polar surface area (TPSA) is 128 Å². The number of sulfonamides is 1. The Morgan fingerprint density at radius 3 is 2.35 bits per heavy atom. The average molecular weight is 519 g/mol. The number of hydrogen-bond donors (Lipinski definition) is 3. The van der Waals surface area contributed by atoms with Gasteiger partial charge in [-0.3, -0.25) is 19.7 Å². The molecule has 3 N–H and O–H groups in total. The maximum absolute atomic E-state index is 14.7. The summed E-state index contributed by atoms with van der Waals surface area (Å²) in [5, 5.41) is 11.9. The van der Waals surface area contributed by atoms with E-state index >= 15 is 0 Å². The maximum Gasteiger partial charge on any atom is 0.263 e. The number of amides is 2. The molecule has 1 fully saturated rings. The van der Waals surface area contributed by atoms with Gasteiger partial charge in [0.05, 0.1) is 11.4 Å². The summed E-state index contributed by atoms with van der Waals surface area (Å²) in [5.41, 5.74) is 1.39. The van der Waals surface area contributed by atoms with Gasteiger partial charge >= 0.3 is 0 Å². The van der Waals surface area contributed by atoms with E-state index in [1.165, 1.54) is 41.7 Å². The summed E-state index contributed by atoms with van der Waals surface area (Å²) in [6.07, 6.45) is 0. The molecule has 0 aliphatic carbocycles. The Balaban J connectivity index is 1.89. The standard InChI is InChI=1S/C20H21ClF2N4O6S/c1-24-18(28)11-26-6-7-27(17(10-26)20(29)25-30)34(31,32)14-8-15(22)19(16(23)9-14)33-13-4-2-12(21)3-5-13/h2-5,8-9,17,30H,6-7,10-11H2,1H3,(H,24,28)(H,25,29)/t17-/m0/s1. The first kappa shape index (κ1) is 25.8. The van der Waals surface area contributed by atoms with Gasteiger partial charge in [-0.1, -0.05) is 11.6 Å². The van der Waals surface area contributed by atoms with Crippen LogP contribution < -0.4 is 15.5 Å². The normalized spacial score (nSPS) is 17.3. The third-order valence-electron chi connectivity index (χ3n) is 5.09. The van der Waals surface area contributed by atoms with Crippen molar-refractivity contribution in [1.29, 1.82) is 0 Å². The second-order valence-electron chi connectivity index (χ2n) is 7.29. The Kier molecular flexibility index (Phi) is 8.05. The summed E-state index contributed by atoms with van der Waals surface area (Å²) in [7, 11) is -3.16. The molecule has 2 amide bonds. The summed E-state index contributed by atoms with van der Waals surface area (Å²) in [4.78, 5) is 24.6. The first-order chi connectivity index (χ1) is 16.1. The number of ether oxygens (including phenoxy) is 1. The van der Waals surface area contributed by atoms with Crippen LogP contribution in [-0.2, 0) is 19.6 Å². The van der Waals surface area contributed by atoms with Crippen LogP contribution >= 0.6 is 11.6 Å². The Labute approximate surface area is 199 Å². The van der Waals surface area contributed by atoms with Gasteiger partial charge in [-0.25, -0.2) is 22.7 Å². The highest BCUT2D eigenvalue weighted by atomic mass is 35.5. The largest absolute Gasteiger partial charge is 0.451 e. The van der Waals surface area contributed by atoms with Gasteiger partial charge in [0.25, 0.3) is 5.91 Å². The quantitative estimate of drug-likeness (QED) is 0.373. The van der Waals surface area contributed by atoms with Gasteiger partial charge in [-0.2, -0.15) is 4.31 Å². The zero-order valence-electron chi connectivity index (χ0n) is 17.8. The highest BCUT2D eigenvalue weighted by Gasteiger charge is 2.41. The highest BCUT2D eigenvalue weighted by Crippen LogP contribution is 2.32. The van der Waals surface area contributed by atoms with Gasteiger partial charge in [0.2, 0.25) is 15.9 Å². The molecular weight excluding hydrogens is 498 g/mol. The first-order valence-corrected chi connectivity index (χ1v) is 11.7. The molecule has 0 aromatic heterocycles. The van der Waals surface area contributed by atoms with Gasteiger partial charge in [0.1, 0.15) is 11.8 Å². The Hall–Kier alpha value is -2.84. The molecule has 1 heterocycles. The van der Waals surface area contributed by atoms with E-state index in [9.17, 15) is 26.8 Å². The lowest BCUT2D eigenvalue weighted by atomic mass is 10.2. The second-order valence-corrected chi connectivity index (χ2v) is 9.61. The predicted octanol–water partition coefficient (Wildman–Crippen LogP) is 1.34. The van der Waals surface area contributed by atoms with Crippen molar-refractivity contribution < 1.29 is 36.7 Å². The lowest BCUT2D eigenvalue weighted by Crippen LogP contribution is -2.61. The fraction of sp³-hybridized carbons (Fsp3) is 0.300. The van der Waals surface area contributed by atoms with Crippen LogP contribution in [0.3, 0.4) is 0 Å². The molecular formula is C20H21ClF2N4O6S. The van der Waals surface area contributed by atoms with E-state index in [2.05, 4.69) is 5.32 Å². The molecule has 14 heteroatoms. The number of likely N-dealkylation sites (N-methyl/N-ethyl adjacent to an activating group) is 1. The summed E-state index contributed by atoms with van der Waals surface area (Å²) in [5.74, 6) is -4.73. The molecule has 10 nitrogen and oxygen atoms in total. The molecule has 2 aromatic carbocycles. The van der Waals surface area contributed by atoms with Crippen LogP contribution in [0.4, 0.5) is 8.78 Å². The van der Waals surface area contributed by atoms with Crippen molar-refractivity contribution >= 4 is 33.4 Å². The number of hydroxylamine groups is 1. The van der Waals surface area contributed by atoms with Crippen molar-refractivity contribution in [2.24, 2.45) is 0 Å². The lowest BCUT2D eigenvalue weighted by Gasteiger charge is -2.38. The molecule has 1 atom stereocenters. The van der Waals surface area contributed by atoms with E-state index in [4.69, 9.17) is 21.5 Å². The minimum absolute atomic E-state index is 0.0601. The smallest absolute Gasteiger partial charge is 0.263 e. The summed E-state index contributed by atoms with van der Waals surface area (Å²) >= 11 is 5.77. The number of halogens is 3. The summed E-state index contributed by atoms with van der Waals surface area (Å²) in [6.45, 7) is -0.560. The van der Waals surface area contributed by atoms with Crippen LogP contribution in [0.5, 0.6) is 11.5 Å². The molecule has 34 heavy (non-hydrogen) atoms. The fourth-order valence-electron chi connectivity index (χ4n) is 3.36. The minimum atomic E-state index is -4.58. The molecule has 0 unspecified atom stereocenters. The van der Waals surface area contributed by atoms with E-state index in [1.807, 2.05) is 0 Å². The highest BCUT2D eigenvalue weighted by molar-refractivity contribution is 7.89. The maximum atomic E-state index is 14.7. The van der Waals surface area contributed by atoms with Gasteiger partial charge in [-0.15, -0.1) is 0 Å². The van der Waals surface area contributed by atoms with Crippen molar-refractivity contribution in [3.05, 3.63) is 53.1 Å². The van der Waals surface area contributed by atoms with Crippen LogP contribution in [0.2, 0.25) is 5.02 Å². The predicted molar refractivity (Wildman–Crippen MR) is 116 cm³/mol. The number of hydrogen-bond acceptors (Lipinski definition) is 7. The van der Waals surface area contributed by atoms with Crippen LogP contribution in [0.1, 0.15) is 0 Å². The molecule has 184 valence electrons. The molecule has 1 aliphatic heterocycles. The number of rotatable bonds is 7. The van der Waals surface area contributed by atoms with Gasteiger partial charge in [-0.05, 0) is 36.4 Å². The molecule has 1 saturated heterocycles. The second kappa shape index (κ2) is 10.6. The van der Waals surface area contributed by atoms with Crippen LogP contribution in [-0.4, -0.2) is 73.9 Å². The molecule has 0 saturated carbocycles. The van der Waals surface area contributed by atoms with E-state index in [1.54, 1.807) is 0 Å². The number of carbonyl (C=O) groups excluding carboxylic acids is 2. The van der Waals surface area contributed by atoms with E-state index in [0.29, 0.717) is 21.5 Å². The van der Waals surface area contributed by atoms with Gasteiger partial charge in [0.15, 0.2) is 17.4 Å². The van der Waals surface area contributed by atoms with Crippen molar-refractivity contribution in [2.45, 2.75) is 10.9 Å². The van der Waals surface area contributed by atoms with Crippen molar-refractivity contribution in [2.75, 3.05) is 33.2 Å². The molecule has 1 aliphatic rings. The summed E-state index contributed by atoms with van der Waals surface area (Å²) in [6, 6.07) is 5.35. The first-order valence-electron chi connectivity index (χ1n) is 9.88. The minimum Gasteiger partial charge on any atom is -0.451 e. The molecule has 0 radical (unpaired) electrons. The fourth-order valence-corrected chi connectivity index (χ4v) is 5.08. The number of benzene rings is 2. The molecule has 3 rings (SSSR count). The zero-order chi connectivity index (χ0) is 25.0. The third kappa shape index (κ3) is 5.62. The Morgan fingerprint density at radius 1 is 1.18 bits per heavy atom. The van der Waals surface area contributed by atoms with Crippen LogP contribution in [0.25, 0.3) is 0 Å². The van der Waals surface area contributed by atoms with E-state index in [0.717, 1.165) is 0 Å². The number of nitrogens with zero attached hydrogens (tertiary/aromatic N) is 2. The Bertz CT molecular complexity index is 1160. The lowest BCUT2D eigenvalue weighted by molar-refractivity contribution is -0.136. The van der Waals surface area contributed by atoms with Crippen molar-refractivity contribution in [1.82, 2.24) is 20.0 Å². The molecule has 2 aromatic rings. The van der Waals surface area contributed by atoms with Crippen molar-refractivity contribution in [3.8, 4) is 11.5 Å². The van der Waals surface area contributed by atoms with Gasteiger partial charge in [0, 0.05) is 31.7 Å².